The largest absolute Gasteiger partial charge is 0.496 e. The van der Waals surface area contributed by atoms with Gasteiger partial charge in [0.1, 0.15) is 17.1 Å². The van der Waals surface area contributed by atoms with E-state index in [-0.39, 0.29) is 11.5 Å². The van der Waals surface area contributed by atoms with E-state index in [1.165, 1.54) is 18.8 Å². The van der Waals surface area contributed by atoms with E-state index in [1.807, 2.05) is 0 Å². The molecule has 1 aromatic heterocycles. The number of ether oxygens (including phenoxy) is 2. The van der Waals surface area contributed by atoms with E-state index >= 15 is 0 Å². The Hall–Kier alpha value is -3.22. The zero-order chi connectivity index (χ0) is 17.3. The third kappa shape index (κ3) is 2.60. The summed E-state index contributed by atoms with van der Waals surface area (Å²) < 4.78 is 17.0. The van der Waals surface area contributed by atoms with Gasteiger partial charge in [0.2, 0.25) is 0 Å². The fourth-order valence-electron chi connectivity index (χ4n) is 2.48. The zero-order valence-electron chi connectivity index (χ0n) is 13.5. The summed E-state index contributed by atoms with van der Waals surface area (Å²) in [6, 6.07) is 10.1. The van der Waals surface area contributed by atoms with E-state index < -0.39 is 5.76 Å². The van der Waals surface area contributed by atoms with Gasteiger partial charge in [-0.3, -0.25) is 9.36 Å². The van der Waals surface area contributed by atoms with Crippen LogP contribution in [-0.2, 0) is 7.05 Å². The SMILES string of the molecule is COc1cccc(OC)c1C(=O)Nc1ccc2c(c1)oc(=O)n2C. The van der Waals surface area contributed by atoms with Crippen molar-refractivity contribution in [3.05, 3.63) is 52.5 Å². The van der Waals surface area contributed by atoms with Crippen molar-refractivity contribution in [1.29, 1.82) is 0 Å². The summed E-state index contributed by atoms with van der Waals surface area (Å²) in [5.74, 6) is -0.0415. The maximum atomic E-state index is 12.6. The number of rotatable bonds is 4. The van der Waals surface area contributed by atoms with Crippen molar-refractivity contribution < 1.29 is 18.7 Å². The van der Waals surface area contributed by atoms with E-state index in [1.54, 1.807) is 43.4 Å². The van der Waals surface area contributed by atoms with E-state index in [0.29, 0.717) is 28.3 Å². The lowest BCUT2D eigenvalue weighted by atomic mass is 10.1. The van der Waals surface area contributed by atoms with Crippen molar-refractivity contribution >= 4 is 22.7 Å². The van der Waals surface area contributed by atoms with Crippen molar-refractivity contribution in [2.75, 3.05) is 19.5 Å². The van der Waals surface area contributed by atoms with E-state index in [9.17, 15) is 9.59 Å². The smallest absolute Gasteiger partial charge is 0.419 e. The van der Waals surface area contributed by atoms with Crippen molar-refractivity contribution in [2.45, 2.75) is 0 Å². The van der Waals surface area contributed by atoms with Crippen LogP contribution in [0.1, 0.15) is 10.4 Å². The van der Waals surface area contributed by atoms with Gasteiger partial charge in [-0.25, -0.2) is 4.79 Å². The molecule has 1 amide bonds. The third-order valence-electron chi connectivity index (χ3n) is 3.71. The first kappa shape index (κ1) is 15.7. The maximum Gasteiger partial charge on any atom is 0.419 e. The number of aromatic nitrogens is 1. The van der Waals surface area contributed by atoms with Gasteiger partial charge < -0.3 is 19.2 Å². The average molecular weight is 328 g/mol. The molecule has 1 heterocycles. The Balaban J connectivity index is 1.97. The van der Waals surface area contributed by atoms with E-state index in [4.69, 9.17) is 13.9 Å². The van der Waals surface area contributed by atoms with Gasteiger partial charge in [-0.15, -0.1) is 0 Å². The number of carbonyl (C=O) groups excluding carboxylic acids is 1. The molecule has 0 saturated heterocycles. The molecule has 7 nitrogen and oxygen atoms in total. The van der Waals surface area contributed by atoms with Crippen LogP contribution in [0.15, 0.2) is 45.6 Å². The van der Waals surface area contributed by atoms with Crippen molar-refractivity contribution in [3.63, 3.8) is 0 Å². The molecule has 1 N–H and O–H groups in total. The quantitative estimate of drug-likeness (QED) is 0.795. The number of aryl methyl sites for hydroxylation is 1. The predicted molar refractivity (Wildman–Crippen MR) is 89.0 cm³/mol. The molecule has 0 aliphatic rings. The molecule has 3 aromatic rings. The van der Waals surface area contributed by atoms with Crippen LogP contribution in [0.2, 0.25) is 0 Å². The number of carbonyl (C=O) groups is 1. The van der Waals surface area contributed by atoms with Gasteiger partial charge in [-0.05, 0) is 24.3 Å². The van der Waals surface area contributed by atoms with Crippen molar-refractivity contribution in [1.82, 2.24) is 4.57 Å². The Morgan fingerprint density at radius 2 is 1.79 bits per heavy atom. The first-order valence-electron chi connectivity index (χ1n) is 7.17. The lowest BCUT2D eigenvalue weighted by Crippen LogP contribution is -2.14. The Labute approximate surface area is 137 Å². The number of hydrogen-bond donors (Lipinski definition) is 1. The summed E-state index contributed by atoms with van der Waals surface area (Å²) in [7, 11) is 4.58. The molecule has 0 aliphatic heterocycles. The van der Waals surface area contributed by atoms with E-state index in [2.05, 4.69) is 5.32 Å². The zero-order valence-corrected chi connectivity index (χ0v) is 13.5. The fourth-order valence-corrected chi connectivity index (χ4v) is 2.48. The van der Waals surface area contributed by atoms with Gasteiger partial charge >= 0.3 is 5.76 Å². The molecule has 0 radical (unpaired) electrons. The second-order valence-electron chi connectivity index (χ2n) is 5.10. The Morgan fingerprint density at radius 3 is 2.42 bits per heavy atom. The molecule has 0 unspecified atom stereocenters. The number of nitrogens with one attached hydrogen (secondary N) is 1. The fraction of sp³-hybridized carbons (Fsp3) is 0.176. The molecule has 0 aliphatic carbocycles. The van der Waals surface area contributed by atoms with Crippen LogP contribution < -0.4 is 20.5 Å². The highest BCUT2D eigenvalue weighted by molar-refractivity contribution is 6.08. The minimum atomic E-state index is -0.458. The first-order valence-corrected chi connectivity index (χ1v) is 7.17. The molecule has 0 atom stereocenters. The van der Waals surface area contributed by atoms with Crippen LogP contribution in [0.25, 0.3) is 11.1 Å². The summed E-state index contributed by atoms with van der Waals surface area (Å²) in [5, 5.41) is 2.76. The van der Waals surface area contributed by atoms with Crippen molar-refractivity contribution in [3.8, 4) is 11.5 Å². The molecule has 124 valence electrons. The molecule has 0 saturated carbocycles. The Bertz CT molecular complexity index is 949. The van der Waals surface area contributed by atoms with Gasteiger partial charge in [0.05, 0.1) is 19.7 Å². The summed E-state index contributed by atoms with van der Waals surface area (Å²) >= 11 is 0. The molecule has 24 heavy (non-hydrogen) atoms. The highest BCUT2D eigenvalue weighted by atomic mass is 16.5. The van der Waals surface area contributed by atoms with Gasteiger partial charge in [-0.1, -0.05) is 6.07 Å². The highest BCUT2D eigenvalue weighted by Crippen LogP contribution is 2.29. The van der Waals surface area contributed by atoms with Crippen LogP contribution in [0, 0.1) is 0 Å². The number of hydrogen-bond acceptors (Lipinski definition) is 5. The third-order valence-corrected chi connectivity index (χ3v) is 3.71. The summed E-state index contributed by atoms with van der Waals surface area (Å²) in [6.07, 6.45) is 0. The second kappa shape index (κ2) is 6.11. The highest BCUT2D eigenvalue weighted by Gasteiger charge is 2.18. The number of amides is 1. The lowest BCUT2D eigenvalue weighted by Gasteiger charge is -2.13. The number of benzene rings is 2. The minimum absolute atomic E-state index is 0.289. The maximum absolute atomic E-state index is 12.6. The molecular formula is C17H16N2O5. The Kier molecular flexibility index (Phi) is 3.99. The molecule has 0 spiro atoms. The minimum Gasteiger partial charge on any atom is -0.496 e. The van der Waals surface area contributed by atoms with Gasteiger partial charge in [-0.2, -0.15) is 0 Å². The normalized spacial score (nSPS) is 10.6. The number of fused-ring (bicyclic) bond motifs is 1. The number of oxazole rings is 1. The van der Waals surface area contributed by atoms with Crippen LogP contribution in [0.3, 0.4) is 0 Å². The monoisotopic (exact) mass is 328 g/mol. The molecule has 0 bridgehead atoms. The van der Waals surface area contributed by atoms with E-state index in [0.717, 1.165) is 0 Å². The molecule has 0 fully saturated rings. The Morgan fingerprint density at radius 1 is 1.12 bits per heavy atom. The summed E-state index contributed by atoms with van der Waals surface area (Å²) in [5.41, 5.74) is 1.83. The summed E-state index contributed by atoms with van der Waals surface area (Å²) in [6.45, 7) is 0. The van der Waals surface area contributed by atoms with Crippen LogP contribution >= 0.6 is 0 Å². The first-order chi connectivity index (χ1) is 11.5. The molecule has 3 rings (SSSR count). The number of methoxy groups -OCH3 is 2. The average Bonchev–Trinajstić information content (AvgIpc) is 2.87. The molecular weight excluding hydrogens is 312 g/mol. The van der Waals surface area contributed by atoms with Crippen molar-refractivity contribution in [2.24, 2.45) is 7.05 Å². The van der Waals surface area contributed by atoms with Gasteiger partial charge in [0.25, 0.3) is 5.91 Å². The summed E-state index contributed by atoms with van der Waals surface area (Å²) in [4.78, 5) is 24.1. The van der Waals surface area contributed by atoms with Gasteiger partial charge in [0, 0.05) is 18.8 Å². The standard InChI is InChI=1S/C17H16N2O5/c1-19-11-8-7-10(9-14(11)24-17(19)21)18-16(20)15-12(22-2)5-4-6-13(15)23-3/h4-9H,1-3H3,(H,18,20). The predicted octanol–water partition coefficient (Wildman–Crippen LogP) is 2.40. The van der Waals surface area contributed by atoms with Gasteiger partial charge in [0.15, 0.2) is 5.58 Å². The second-order valence-corrected chi connectivity index (χ2v) is 5.10. The van der Waals surface area contributed by atoms with Crippen LogP contribution in [0.5, 0.6) is 11.5 Å². The molecule has 2 aromatic carbocycles. The topological polar surface area (TPSA) is 82.7 Å². The number of nitrogens with zero attached hydrogens (tertiary/aromatic N) is 1. The van der Waals surface area contributed by atoms with Crippen LogP contribution in [-0.4, -0.2) is 24.7 Å². The lowest BCUT2D eigenvalue weighted by molar-refractivity contribution is 0.102. The number of anilines is 1. The van der Waals surface area contributed by atoms with Crippen LogP contribution in [0.4, 0.5) is 5.69 Å². The molecule has 7 heteroatoms.